The molecule has 1 aliphatic rings. The third kappa shape index (κ3) is 3.41. The van der Waals surface area contributed by atoms with Crippen LogP contribution in [0.15, 0.2) is 0 Å². The first kappa shape index (κ1) is 13.9. The minimum absolute atomic E-state index is 0.0574. The van der Waals surface area contributed by atoms with Gasteiger partial charge in [0.1, 0.15) is 0 Å². The summed E-state index contributed by atoms with van der Waals surface area (Å²) in [5, 5.41) is 6.71. The Morgan fingerprint density at radius 2 is 2.06 bits per heavy atom. The Hall–Kier alpha value is -0.170. The summed E-state index contributed by atoms with van der Waals surface area (Å²) < 4.78 is 24.3. The predicted octanol–water partition coefficient (Wildman–Crippen LogP) is -0.392. The molecule has 16 heavy (non-hydrogen) atoms. The lowest BCUT2D eigenvalue weighted by Gasteiger charge is -2.28. The van der Waals surface area contributed by atoms with Crippen LogP contribution in [0.2, 0.25) is 0 Å². The van der Waals surface area contributed by atoms with Crippen LogP contribution in [0.5, 0.6) is 0 Å². The lowest BCUT2D eigenvalue weighted by Crippen LogP contribution is -2.50. The normalized spacial score (nSPS) is 25.2. The van der Waals surface area contributed by atoms with Crippen LogP contribution in [-0.2, 0) is 10.0 Å². The smallest absolute Gasteiger partial charge is 0.214 e. The van der Waals surface area contributed by atoms with E-state index in [0.29, 0.717) is 12.6 Å². The van der Waals surface area contributed by atoms with E-state index in [2.05, 4.69) is 24.5 Å². The summed E-state index contributed by atoms with van der Waals surface area (Å²) in [5.74, 6) is 0.159. The molecular formula is C10H23N3O2S. The molecule has 0 aromatic heterocycles. The maximum atomic E-state index is 11.5. The molecule has 0 bridgehead atoms. The van der Waals surface area contributed by atoms with Crippen molar-refractivity contribution in [3.8, 4) is 0 Å². The van der Waals surface area contributed by atoms with Crippen molar-refractivity contribution in [2.75, 3.05) is 32.9 Å². The number of nitrogens with one attached hydrogen (secondary N) is 2. The van der Waals surface area contributed by atoms with Gasteiger partial charge in [-0.1, -0.05) is 0 Å². The van der Waals surface area contributed by atoms with E-state index in [4.69, 9.17) is 0 Å². The summed E-state index contributed by atoms with van der Waals surface area (Å²) in [6, 6.07) is 0.352. The van der Waals surface area contributed by atoms with Crippen LogP contribution in [0, 0.1) is 0 Å². The minimum Gasteiger partial charge on any atom is -0.311 e. The van der Waals surface area contributed by atoms with Crippen LogP contribution in [0.3, 0.4) is 0 Å². The topological polar surface area (TPSA) is 61.4 Å². The highest BCUT2D eigenvalue weighted by Crippen LogP contribution is 2.18. The molecule has 0 aliphatic carbocycles. The number of nitrogens with zero attached hydrogens (tertiary/aromatic N) is 1. The van der Waals surface area contributed by atoms with E-state index in [9.17, 15) is 8.42 Å². The highest BCUT2D eigenvalue weighted by molar-refractivity contribution is 7.89. The zero-order valence-corrected chi connectivity index (χ0v) is 11.4. The fourth-order valence-corrected chi connectivity index (χ4v) is 2.67. The van der Waals surface area contributed by atoms with Gasteiger partial charge in [0, 0.05) is 32.2 Å². The van der Waals surface area contributed by atoms with E-state index in [-0.39, 0.29) is 11.3 Å². The Balaban J connectivity index is 2.37. The molecule has 0 amide bonds. The molecule has 0 spiro atoms. The quantitative estimate of drug-likeness (QED) is 0.696. The van der Waals surface area contributed by atoms with E-state index < -0.39 is 10.0 Å². The second kappa shape index (κ2) is 5.00. The maximum absolute atomic E-state index is 11.5. The van der Waals surface area contributed by atoms with Gasteiger partial charge in [-0.15, -0.1) is 0 Å². The standard InChI is InChI=1S/C10H23N3O2S/c1-10(2)9(5-6-12-10)11-7-8-16(14,15)13(3)4/h9,11-12H,5-8H2,1-4H3. The van der Waals surface area contributed by atoms with Gasteiger partial charge < -0.3 is 10.6 Å². The Morgan fingerprint density at radius 3 is 2.50 bits per heavy atom. The molecule has 2 N–H and O–H groups in total. The zero-order valence-electron chi connectivity index (χ0n) is 10.6. The average molecular weight is 249 g/mol. The summed E-state index contributed by atoms with van der Waals surface area (Å²) >= 11 is 0. The molecule has 1 aliphatic heterocycles. The van der Waals surface area contributed by atoms with E-state index in [0.717, 1.165) is 13.0 Å². The molecule has 0 aromatic rings. The highest BCUT2D eigenvalue weighted by atomic mass is 32.2. The number of rotatable bonds is 5. The fourth-order valence-electron chi connectivity index (χ4n) is 1.92. The average Bonchev–Trinajstić information content (AvgIpc) is 2.45. The van der Waals surface area contributed by atoms with Crippen molar-refractivity contribution in [2.45, 2.75) is 31.8 Å². The van der Waals surface area contributed by atoms with Crippen molar-refractivity contribution in [1.29, 1.82) is 0 Å². The van der Waals surface area contributed by atoms with Crippen molar-refractivity contribution in [3.05, 3.63) is 0 Å². The van der Waals surface area contributed by atoms with Crippen LogP contribution in [0.25, 0.3) is 0 Å². The van der Waals surface area contributed by atoms with Crippen molar-refractivity contribution >= 4 is 10.0 Å². The summed E-state index contributed by atoms with van der Waals surface area (Å²) in [6.07, 6.45) is 1.05. The summed E-state index contributed by atoms with van der Waals surface area (Å²) in [7, 11) is 0.0550. The van der Waals surface area contributed by atoms with Crippen LogP contribution < -0.4 is 10.6 Å². The van der Waals surface area contributed by atoms with Crippen molar-refractivity contribution < 1.29 is 8.42 Å². The van der Waals surface area contributed by atoms with Gasteiger partial charge in [0.15, 0.2) is 0 Å². The molecular weight excluding hydrogens is 226 g/mol. The SMILES string of the molecule is CN(C)S(=O)(=O)CCNC1CCNC1(C)C. The van der Waals surface area contributed by atoms with Crippen LogP contribution in [0.4, 0.5) is 0 Å². The molecule has 0 radical (unpaired) electrons. The minimum atomic E-state index is -3.08. The van der Waals surface area contributed by atoms with Gasteiger partial charge in [0.2, 0.25) is 10.0 Å². The van der Waals surface area contributed by atoms with E-state index in [1.165, 1.54) is 4.31 Å². The van der Waals surface area contributed by atoms with Gasteiger partial charge in [-0.05, 0) is 26.8 Å². The van der Waals surface area contributed by atoms with Crippen LogP contribution in [0.1, 0.15) is 20.3 Å². The lowest BCUT2D eigenvalue weighted by atomic mass is 9.97. The third-order valence-corrected chi connectivity index (χ3v) is 5.02. The van der Waals surface area contributed by atoms with E-state index in [1.54, 1.807) is 14.1 Å². The second-order valence-corrected chi connectivity index (χ2v) is 7.34. The van der Waals surface area contributed by atoms with Crippen molar-refractivity contribution in [3.63, 3.8) is 0 Å². The van der Waals surface area contributed by atoms with Gasteiger partial charge in [-0.3, -0.25) is 0 Å². The second-order valence-electron chi connectivity index (χ2n) is 5.04. The zero-order chi connectivity index (χ0) is 12.4. The monoisotopic (exact) mass is 249 g/mol. The molecule has 1 rings (SSSR count). The fraction of sp³-hybridized carbons (Fsp3) is 1.00. The molecule has 1 atom stereocenters. The first-order valence-corrected chi connectivity index (χ1v) is 7.25. The number of hydrogen-bond donors (Lipinski definition) is 2. The van der Waals surface area contributed by atoms with E-state index in [1.807, 2.05) is 0 Å². The first-order chi connectivity index (χ1) is 7.26. The largest absolute Gasteiger partial charge is 0.311 e. The molecule has 6 heteroatoms. The number of sulfonamides is 1. The molecule has 96 valence electrons. The molecule has 0 aromatic carbocycles. The number of hydrogen-bond acceptors (Lipinski definition) is 4. The first-order valence-electron chi connectivity index (χ1n) is 5.64. The summed E-state index contributed by atoms with van der Waals surface area (Å²) in [4.78, 5) is 0. The van der Waals surface area contributed by atoms with Gasteiger partial charge in [-0.2, -0.15) is 0 Å². The molecule has 1 heterocycles. The van der Waals surface area contributed by atoms with Crippen molar-refractivity contribution in [1.82, 2.24) is 14.9 Å². The Labute approximate surface area is 98.6 Å². The Bertz CT molecular complexity index is 325. The van der Waals surface area contributed by atoms with Gasteiger partial charge in [-0.25, -0.2) is 12.7 Å². The summed E-state index contributed by atoms with van der Waals surface area (Å²) in [5.41, 5.74) is 0.0574. The van der Waals surface area contributed by atoms with Gasteiger partial charge >= 0.3 is 0 Å². The van der Waals surface area contributed by atoms with Gasteiger partial charge in [0.05, 0.1) is 5.75 Å². The molecule has 1 saturated heterocycles. The molecule has 0 saturated carbocycles. The summed E-state index contributed by atoms with van der Waals surface area (Å²) in [6.45, 7) is 5.78. The van der Waals surface area contributed by atoms with Crippen molar-refractivity contribution in [2.24, 2.45) is 0 Å². The highest BCUT2D eigenvalue weighted by Gasteiger charge is 2.33. The van der Waals surface area contributed by atoms with E-state index >= 15 is 0 Å². The lowest BCUT2D eigenvalue weighted by molar-refractivity contribution is 0.356. The molecule has 1 unspecified atom stereocenters. The predicted molar refractivity (Wildman–Crippen MR) is 66.0 cm³/mol. The maximum Gasteiger partial charge on any atom is 0.214 e. The molecule has 5 nitrogen and oxygen atoms in total. The molecule has 1 fully saturated rings. The van der Waals surface area contributed by atoms with Crippen LogP contribution in [-0.4, -0.2) is 57.2 Å². The third-order valence-electron chi connectivity index (χ3n) is 3.19. The van der Waals surface area contributed by atoms with Gasteiger partial charge in [0.25, 0.3) is 0 Å². The van der Waals surface area contributed by atoms with Crippen LogP contribution >= 0.6 is 0 Å². The Morgan fingerprint density at radius 1 is 1.44 bits per heavy atom. The Kier molecular flexibility index (Phi) is 4.34.